The van der Waals surface area contributed by atoms with Gasteiger partial charge in [-0.3, -0.25) is 0 Å². The highest BCUT2D eigenvalue weighted by atomic mass is 16.3. The summed E-state index contributed by atoms with van der Waals surface area (Å²) in [7, 11) is 0. The maximum Gasteiger partial charge on any atom is 0.164 e. The molecule has 0 atom stereocenters. The van der Waals surface area contributed by atoms with Gasteiger partial charge in [0.05, 0.1) is 65.9 Å². The molecule has 0 spiro atoms. The van der Waals surface area contributed by atoms with E-state index in [9.17, 15) is 0 Å². The van der Waals surface area contributed by atoms with Gasteiger partial charge in [0.25, 0.3) is 0 Å². The van der Waals surface area contributed by atoms with Crippen molar-refractivity contribution in [2.45, 2.75) is 0 Å². The van der Waals surface area contributed by atoms with Gasteiger partial charge in [-0.15, -0.1) is 0 Å². The summed E-state index contributed by atoms with van der Waals surface area (Å²) >= 11 is 0. The Labute approximate surface area is 725 Å². The van der Waals surface area contributed by atoms with Crippen LogP contribution >= 0.6 is 0 Å². The number of benzene rings is 18. The minimum Gasteiger partial charge on any atom is -0.455 e. The van der Waals surface area contributed by atoms with Crippen LogP contribution in [0.25, 0.3) is 250 Å². The number of hydrogen-bond donors (Lipinski definition) is 0. The van der Waals surface area contributed by atoms with Crippen LogP contribution in [0.1, 0.15) is 0 Å². The van der Waals surface area contributed by atoms with Crippen molar-refractivity contribution in [3.8, 4) is 96.8 Å². The van der Waals surface area contributed by atoms with Crippen LogP contribution in [0.15, 0.2) is 427 Å². The van der Waals surface area contributed by atoms with Gasteiger partial charge in [0, 0.05) is 126 Å². The van der Waals surface area contributed by atoms with Crippen molar-refractivity contribution in [2.75, 3.05) is 0 Å². The van der Waals surface area contributed by atoms with E-state index in [0.717, 1.165) is 193 Å². The van der Waals surface area contributed by atoms with Gasteiger partial charge in [-0.1, -0.05) is 249 Å². The molecular formula is C114H69N11O2. The van der Waals surface area contributed by atoms with Gasteiger partial charge in [0.15, 0.2) is 34.9 Å². The lowest BCUT2D eigenvalue weighted by molar-refractivity contribution is 0.672. The highest BCUT2D eigenvalue weighted by molar-refractivity contribution is 6.33. The van der Waals surface area contributed by atoms with E-state index < -0.39 is 0 Å². The Kier molecular flexibility index (Phi) is 16.1. The van der Waals surface area contributed by atoms with E-state index in [1.54, 1.807) is 0 Å². The predicted molar refractivity (Wildman–Crippen MR) is 519 cm³/mol. The molecule has 0 radical (unpaired) electrons. The minimum atomic E-state index is 0.617. The average molecular weight is 1620 g/mol. The first-order chi connectivity index (χ1) is 63.0. The van der Waals surface area contributed by atoms with Crippen LogP contribution in [0, 0.1) is 0 Å². The third-order valence-corrected chi connectivity index (χ3v) is 25.2. The van der Waals surface area contributed by atoms with Crippen molar-refractivity contribution in [1.29, 1.82) is 0 Å². The first kappa shape index (κ1) is 71.3. The summed E-state index contributed by atoms with van der Waals surface area (Å²) in [5, 5.41) is 16.0. The molecule has 0 aliphatic heterocycles. The molecule has 0 aliphatic carbocycles. The molecule has 0 bridgehead atoms. The molecule has 18 aromatic carbocycles. The van der Waals surface area contributed by atoms with Crippen LogP contribution in [0.3, 0.4) is 0 Å². The Morgan fingerprint density at radius 2 is 0.425 bits per heavy atom. The zero-order valence-electron chi connectivity index (χ0n) is 68.1. The molecule has 13 heteroatoms. The van der Waals surface area contributed by atoms with Crippen molar-refractivity contribution in [2.24, 2.45) is 0 Å². The Bertz CT molecular complexity index is 9000. The van der Waals surface area contributed by atoms with Crippen LogP contribution < -0.4 is 0 Å². The fourth-order valence-electron chi connectivity index (χ4n) is 19.7. The number of hydrogen-bond acceptors (Lipinski definition) is 8. The molecular weight excluding hydrogens is 1560 g/mol. The zero-order chi connectivity index (χ0) is 83.3. The molecule has 0 fully saturated rings. The molecule has 0 unspecified atom stereocenters. The van der Waals surface area contributed by atoms with Crippen molar-refractivity contribution >= 4 is 153 Å². The van der Waals surface area contributed by atoms with E-state index >= 15 is 0 Å². The maximum atomic E-state index is 6.76. The second-order valence-corrected chi connectivity index (χ2v) is 32.4. The van der Waals surface area contributed by atoms with E-state index in [4.69, 9.17) is 38.7 Å². The smallest absolute Gasteiger partial charge is 0.164 e. The molecule has 0 saturated heterocycles. The van der Waals surface area contributed by atoms with Crippen LogP contribution in [-0.4, -0.2) is 52.7 Å². The maximum absolute atomic E-state index is 6.76. The van der Waals surface area contributed by atoms with Gasteiger partial charge in [0.1, 0.15) is 22.3 Å². The highest BCUT2D eigenvalue weighted by Crippen LogP contribution is 2.50. The summed E-state index contributed by atoms with van der Waals surface area (Å²) in [6.45, 7) is 0. The lowest BCUT2D eigenvalue weighted by atomic mass is 10.1. The van der Waals surface area contributed by atoms with Crippen molar-refractivity contribution in [1.82, 2.24) is 52.7 Å². The van der Waals surface area contributed by atoms with E-state index in [0.29, 0.717) is 34.9 Å². The molecule has 0 amide bonds. The molecule has 27 aromatic rings. The van der Waals surface area contributed by atoms with Gasteiger partial charge in [-0.25, -0.2) is 29.9 Å². The second-order valence-electron chi connectivity index (χ2n) is 32.4. The molecule has 0 N–H and O–H groups in total. The van der Waals surface area contributed by atoms with E-state index in [-0.39, 0.29) is 0 Å². The molecule has 0 saturated carbocycles. The lowest BCUT2D eigenvalue weighted by Gasteiger charge is -2.11. The highest BCUT2D eigenvalue weighted by Gasteiger charge is 2.29. The minimum absolute atomic E-state index is 0.617. The number of nitrogens with zero attached hydrogens (tertiary/aromatic N) is 11. The van der Waals surface area contributed by atoms with Gasteiger partial charge in [0.2, 0.25) is 0 Å². The SMILES string of the molecule is c1ccc(-c2nc(-c3ccccc3)nc(-c3ccc(-n4c5ccccc5c5c4ccc4c6c7oc8ccccc8c7ccc6n(-c6ccccc6)c45)cc3)n2)cc1.c1ccc(-c2nc(-c3ccccc3)nc(-c3ccc4c(c3)c3cc(-n5c6ccccc6c6c5ccc5c7c8oc9ccccc9c8ccc7n(-c7ccccc7)c56)ccc3n4-c3ccccc3)n2)cc1. The second kappa shape index (κ2) is 28.6. The van der Waals surface area contributed by atoms with Gasteiger partial charge < -0.3 is 31.7 Å². The quantitative estimate of drug-likeness (QED) is 0.125. The third kappa shape index (κ3) is 11.3. The first-order valence-electron chi connectivity index (χ1n) is 42.7. The lowest BCUT2D eigenvalue weighted by Crippen LogP contribution is -2.00. The van der Waals surface area contributed by atoms with Crippen molar-refractivity contribution in [3.63, 3.8) is 0 Å². The zero-order valence-corrected chi connectivity index (χ0v) is 68.1. The number of rotatable bonds is 11. The third-order valence-electron chi connectivity index (χ3n) is 25.2. The predicted octanol–water partition coefficient (Wildman–Crippen LogP) is 29.0. The Morgan fingerprint density at radius 1 is 0.157 bits per heavy atom. The Hall–Kier alpha value is -17.4. The number of para-hydroxylation sites is 7. The van der Waals surface area contributed by atoms with Crippen molar-refractivity contribution in [3.05, 3.63) is 419 Å². The molecule has 127 heavy (non-hydrogen) atoms. The summed E-state index contributed by atoms with van der Waals surface area (Å²) in [6.07, 6.45) is 0. The summed E-state index contributed by atoms with van der Waals surface area (Å²) in [5.74, 6) is 3.79. The van der Waals surface area contributed by atoms with Gasteiger partial charge in [-0.2, -0.15) is 0 Å². The van der Waals surface area contributed by atoms with Crippen LogP contribution in [0.2, 0.25) is 0 Å². The molecule has 27 rings (SSSR count). The van der Waals surface area contributed by atoms with E-state index in [1.807, 2.05) is 133 Å². The van der Waals surface area contributed by atoms with Gasteiger partial charge >= 0.3 is 0 Å². The molecule has 9 aromatic heterocycles. The number of fused-ring (bicyclic) bond motifs is 25. The average Bonchev–Trinajstić information content (AvgIpc) is 1.53. The van der Waals surface area contributed by atoms with Crippen LogP contribution in [0.5, 0.6) is 0 Å². The summed E-state index contributed by atoms with van der Waals surface area (Å²) in [4.78, 5) is 30.1. The largest absolute Gasteiger partial charge is 0.455 e. The fourth-order valence-corrected chi connectivity index (χ4v) is 19.7. The topological polar surface area (TPSA) is 128 Å². The summed E-state index contributed by atoms with van der Waals surface area (Å²) in [5.41, 5.74) is 25.8. The molecule has 592 valence electrons. The summed E-state index contributed by atoms with van der Waals surface area (Å²) < 4.78 is 25.5. The van der Waals surface area contributed by atoms with E-state index in [2.05, 4.69) is 308 Å². The first-order valence-corrected chi connectivity index (χ1v) is 42.7. The standard InChI is InChI=1S/C63H38N6O.C51H31N5O/c1-5-17-39(18-6-1)61-64-62(40-19-7-2-8-20-40)66-63(65-61)41-29-33-52-49(37-41)50-38-44(30-34-53(50)67(52)42-21-9-3-10-22-42)68-51-27-15-13-26-47(51)57-54(68)36-32-48-58-55(69(59(48)57)43-23-11-4-12-24-43)35-31-46-45-25-14-16-28-56(45)70-60(46)58;1-4-14-32(15-5-1)49-52-50(33-16-6-2-7-17-33)54-51(53-49)34-24-26-36(27-25-34)55-41-22-12-10-21-39(41)45-42(55)31-29-40-46-43(56(47(40)45)35-18-8-3-9-19-35)30-28-38-37-20-11-13-23-44(37)57-48(38)46/h1-38H;1-31H. The number of aromatic nitrogens is 11. The monoisotopic (exact) mass is 1620 g/mol. The van der Waals surface area contributed by atoms with Gasteiger partial charge in [-0.05, 0) is 170 Å². The number of furan rings is 2. The Morgan fingerprint density at radius 3 is 0.843 bits per heavy atom. The molecule has 0 aliphatic rings. The van der Waals surface area contributed by atoms with Crippen molar-refractivity contribution < 1.29 is 8.83 Å². The molecule has 13 nitrogen and oxygen atoms in total. The van der Waals surface area contributed by atoms with Crippen LogP contribution in [-0.2, 0) is 0 Å². The fraction of sp³-hybridized carbons (Fsp3) is 0. The summed E-state index contributed by atoms with van der Waals surface area (Å²) in [6, 6.07) is 147. The van der Waals surface area contributed by atoms with E-state index in [1.165, 1.54) is 21.5 Å². The normalized spacial score (nSPS) is 11.9. The molecule has 9 heterocycles. The Balaban J connectivity index is 0.000000138. The van der Waals surface area contributed by atoms with Crippen LogP contribution in [0.4, 0.5) is 0 Å².